The van der Waals surface area contributed by atoms with E-state index in [4.69, 9.17) is 5.84 Å². The van der Waals surface area contributed by atoms with Crippen LogP contribution >= 0.6 is 27.3 Å². The molecule has 6 heteroatoms. The van der Waals surface area contributed by atoms with Crippen molar-refractivity contribution in [3.63, 3.8) is 0 Å². The number of hydrazine groups is 1. The number of thiophene rings is 1. The van der Waals surface area contributed by atoms with Crippen LogP contribution in [0.4, 0.5) is 5.82 Å². The van der Waals surface area contributed by atoms with E-state index in [0.717, 1.165) is 45.9 Å². The molecule has 0 radical (unpaired) electrons. The highest BCUT2D eigenvalue weighted by Crippen LogP contribution is 2.32. The van der Waals surface area contributed by atoms with Crippen molar-refractivity contribution in [2.24, 2.45) is 5.84 Å². The van der Waals surface area contributed by atoms with Crippen LogP contribution in [0.15, 0.2) is 15.9 Å². The molecule has 3 N–H and O–H groups in total. The van der Waals surface area contributed by atoms with Gasteiger partial charge < -0.3 is 5.43 Å². The smallest absolute Gasteiger partial charge is 0.171 e. The molecule has 2 aromatic heterocycles. The number of anilines is 1. The molecule has 0 unspecified atom stereocenters. The van der Waals surface area contributed by atoms with Crippen molar-refractivity contribution < 1.29 is 0 Å². The van der Waals surface area contributed by atoms with Gasteiger partial charge in [-0.2, -0.15) is 0 Å². The third kappa shape index (κ3) is 1.96. The Labute approximate surface area is 111 Å². The second kappa shape index (κ2) is 4.36. The van der Waals surface area contributed by atoms with Crippen LogP contribution in [-0.4, -0.2) is 9.97 Å². The van der Waals surface area contributed by atoms with E-state index in [1.165, 1.54) is 5.56 Å². The summed E-state index contributed by atoms with van der Waals surface area (Å²) in [5.41, 5.74) is 4.99. The van der Waals surface area contributed by atoms with Crippen molar-refractivity contribution in [3.05, 3.63) is 27.2 Å². The van der Waals surface area contributed by atoms with Crippen LogP contribution in [0.25, 0.3) is 10.7 Å². The van der Waals surface area contributed by atoms with Crippen molar-refractivity contribution in [2.75, 3.05) is 5.43 Å². The van der Waals surface area contributed by atoms with Gasteiger partial charge in [-0.1, -0.05) is 0 Å². The molecule has 2 aromatic rings. The third-order valence-electron chi connectivity index (χ3n) is 2.86. The Hall–Kier alpha value is -0.980. The van der Waals surface area contributed by atoms with Crippen molar-refractivity contribution >= 4 is 33.1 Å². The summed E-state index contributed by atoms with van der Waals surface area (Å²) >= 11 is 5.07. The molecule has 0 atom stereocenters. The van der Waals surface area contributed by atoms with Crippen LogP contribution in [0.5, 0.6) is 0 Å². The molecule has 2 heterocycles. The zero-order valence-electron chi connectivity index (χ0n) is 9.03. The van der Waals surface area contributed by atoms with Gasteiger partial charge in [-0.15, -0.1) is 11.3 Å². The predicted molar refractivity (Wildman–Crippen MR) is 72.9 cm³/mol. The number of hydrogen-bond acceptors (Lipinski definition) is 5. The fourth-order valence-corrected chi connectivity index (χ4v) is 3.45. The number of aromatic nitrogens is 2. The number of nitrogens with one attached hydrogen (secondary N) is 1. The van der Waals surface area contributed by atoms with Gasteiger partial charge >= 0.3 is 0 Å². The normalized spacial score (nSPS) is 13.8. The quantitative estimate of drug-likeness (QED) is 0.661. The van der Waals surface area contributed by atoms with Crippen LogP contribution in [0.3, 0.4) is 0 Å². The summed E-state index contributed by atoms with van der Waals surface area (Å²) in [6, 6.07) is 2.03. The van der Waals surface area contributed by atoms with Crippen molar-refractivity contribution in [2.45, 2.75) is 19.3 Å². The van der Waals surface area contributed by atoms with Crippen molar-refractivity contribution in [3.8, 4) is 10.7 Å². The molecule has 0 aliphatic heterocycles. The van der Waals surface area contributed by atoms with Gasteiger partial charge in [-0.25, -0.2) is 15.8 Å². The summed E-state index contributed by atoms with van der Waals surface area (Å²) in [4.78, 5) is 10.2. The molecule has 3 rings (SSSR count). The molecule has 0 saturated heterocycles. The molecule has 0 bridgehead atoms. The Morgan fingerprint density at radius 2 is 2.24 bits per heavy atom. The minimum Gasteiger partial charge on any atom is -0.308 e. The number of nitrogens with two attached hydrogens (primary N) is 1. The van der Waals surface area contributed by atoms with E-state index in [0.29, 0.717) is 0 Å². The highest BCUT2D eigenvalue weighted by Gasteiger charge is 2.19. The van der Waals surface area contributed by atoms with Crippen LogP contribution in [0.1, 0.15) is 17.7 Å². The zero-order chi connectivity index (χ0) is 11.8. The first kappa shape index (κ1) is 11.1. The molecule has 0 fully saturated rings. The number of nitrogen functional groups attached to an aromatic ring is 1. The van der Waals surface area contributed by atoms with Gasteiger partial charge in [-0.3, -0.25) is 0 Å². The number of nitrogens with zero attached hydrogens (tertiary/aromatic N) is 2. The molecule has 17 heavy (non-hydrogen) atoms. The van der Waals surface area contributed by atoms with Gasteiger partial charge in [0.05, 0.1) is 4.88 Å². The third-order valence-corrected chi connectivity index (χ3v) is 4.54. The number of fused-ring (bicyclic) bond motifs is 1. The van der Waals surface area contributed by atoms with E-state index in [-0.39, 0.29) is 0 Å². The summed E-state index contributed by atoms with van der Waals surface area (Å²) in [6.07, 6.45) is 3.17. The average Bonchev–Trinajstić information content (AvgIpc) is 2.95. The fourth-order valence-electron chi connectivity index (χ4n) is 2.09. The molecule has 88 valence electrons. The molecule has 4 nitrogen and oxygen atoms in total. The topological polar surface area (TPSA) is 63.8 Å². The molecule has 0 aromatic carbocycles. The maximum atomic E-state index is 5.53. The van der Waals surface area contributed by atoms with Crippen LogP contribution in [0.2, 0.25) is 0 Å². The Morgan fingerprint density at radius 3 is 2.94 bits per heavy atom. The largest absolute Gasteiger partial charge is 0.308 e. The predicted octanol–water partition coefficient (Wildman–Crippen LogP) is 2.74. The highest BCUT2D eigenvalue weighted by atomic mass is 79.9. The Balaban J connectivity index is 2.12. The minimum atomic E-state index is 0.759. The number of aryl methyl sites for hydroxylation is 1. The van der Waals surface area contributed by atoms with Crippen molar-refractivity contribution in [1.82, 2.24) is 9.97 Å². The minimum absolute atomic E-state index is 0.759. The molecule has 0 spiro atoms. The second-order valence-corrected chi connectivity index (χ2v) is 5.78. The van der Waals surface area contributed by atoms with Gasteiger partial charge in [0.1, 0.15) is 5.82 Å². The van der Waals surface area contributed by atoms with Crippen LogP contribution < -0.4 is 11.3 Å². The lowest BCUT2D eigenvalue weighted by Gasteiger charge is -2.07. The lowest BCUT2D eigenvalue weighted by Crippen LogP contribution is -2.12. The van der Waals surface area contributed by atoms with Gasteiger partial charge in [0.2, 0.25) is 0 Å². The maximum Gasteiger partial charge on any atom is 0.171 e. The zero-order valence-corrected chi connectivity index (χ0v) is 11.4. The van der Waals surface area contributed by atoms with Gasteiger partial charge in [-0.05, 0) is 41.3 Å². The first-order valence-corrected chi connectivity index (χ1v) is 7.06. The van der Waals surface area contributed by atoms with Crippen LogP contribution in [-0.2, 0) is 12.8 Å². The van der Waals surface area contributed by atoms with Gasteiger partial charge in [0, 0.05) is 21.1 Å². The maximum absolute atomic E-state index is 5.53. The number of rotatable bonds is 2. The SMILES string of the molecule is NNc1nc(-c2cc(Br)cs2)nc2c1CCC2. The lowest BCUT2D eigenvalue weighted by atomic mass is 10.2. The summed E-state index contributed by atoms with van der Waals surface area (Å²) in [6.45, 7) is 0. The van der Waals surface area contributed by atoms with E-state index >= 15 is 0 Å². The van der Waals surface area contributed by atoms with Crippen LogP contribution in [0, 0.1) is 0 Å². The standard InChI is InChI=1S/C11H11BrN4S/c12-6-4-9(17-5-6)11-14-8-3-1-2-7(8)10(15-11)16-13/h4-5H,1-3,13H2,(H,14,15,16). The number of halogens is 1. The first-order valence-electron chi connectivity index (χ1n) is 5.39. The molecular weight excluding hydrogens is 300 g/mol. The van der Waals surface area contributed by atoms with E-state index < -0.39 is 0 Å². The Morgan fingerprint density at radius 1 is 1.35 bits per heavy atom. The Bertz CT molecular complexity index is 567. The molecule has 1 aliphatic carbocycles. The molecular formula is C11H11BrN4S. The summed E-state index contributed by atoms with van der Waals surface area (Å²) in [5.74, 6) is 7.06. The van der Waals surface area contributed by atoms with E-state index in [2.05, 4.69) is 31.3 Å². The van der Waals surface area contributed by atoms with Crippen molar-refractivity contribution in [1.29, 1.82) is 0 Å². The fraction of sp³-hybridized carbons (Fsp3) is 0.273. The molecule has 1 aliphatic rings. The summed E-state index contributed by atoms with van der Waals surface area (Å²) in [7, 11) is 0. The molecule has 0 saturated carbocycles. The average molecular weight is 311 g/mol. The van der Waals surface area contributed by atoms with E-state index in [1.54, 1.807) is 11.3 Å². The number of hydrogen-bond donors (Lipinski definition) is 2. The monoisotopic (exact) mass is 310 g/mol. The second-order valence-electron chi connectivity index (χ2n) is 3.95. The summed E-state index contributed by atoms with van der Waals surface area (Å²) in [5, 5.41) is 2.03. The lowest BCUT2D eigenvalue weighted by molar-refractivity contribution is 0.900. The summed E-state index contributed by atoms with van der Waals surface area (Å²) < 4.78 is 1.06. The van der Waals surface area contributed by atoms with Gasteiger partial charge in [0.25, 0.3) is 0 Å². The molecule has 0 amide bonds. The Kier molecular flexibility index (Phi) is 2.85. The van der Waals surface area contributed by atoms with Gasteiger partial charge in [0.15, 0.2) is 5.82 Å². The van der Waals surface area contributed by atoms with E-state index in [9.17, 15) is 0 Å². The van der Waals surface area contributed by atoms with E-state index in [1.807, 2.05) is 11.4 Å². The first-order chi connectivity index (χ1) is 8.28. The highest BCUT2D eigenvalue weighted by molar-refractivity contribution is 9.10.